The fourth-order valence-corrected chi connectivity index (χ4v) is 4.08. The van der Waals surface area contributed by atoms with Crippen LogP contribution in [0.15, 0.2) is 74.4 Å². The lowest BCUT2D eigenvalue weighted by molar-refractivity contribution is 0.557. The third-order valence-corrected chi connectivity index (χ3v) is 6.01. The second-order valence-corrected chi connectivity index (χ2v) is 8.17. The fraction of sp³-hybridized carbons (Fsp3) is 0.185. The van der Waals surface area contributed by atoms with E-state index in [0.717, 1.165) is 50.8 Å². The van der Waals surface area contributed by atoms with E-state index in [9.17, 15) is 4.79 Å². The Morgan fingerprint density at radius 3 is 2.50 bits per heavy atom. The van der Waals surface area contributed by atoms with Gasteiger partial charge in [-0.1, -0.05) is 42.5 Å². The molecular weight excluding hydrogens is 400 g/mol. The molecule has 0 amide bonds. The first-order chi connectivity index (χ1) is 15.5. The number of nitrogens with one attached hydrogen (secondary N) is 1. The fourth-order valence-electron chi connectivity index (χ4n) is 4.08. The predicted octanol–water partition coefficient (Wildman–Crippen LogP) is 5.82. The topological polar surface area (TPSA) is 68.3 Å². The third-order valence-electron chi connectivity index (χ3n) is 6.01. The van der Waals surface area contributed by atoms with Gasteiger partial charge in [-0.25, -0.2) is 4.79 Å². The Labute approximate surface area is 185 Å². The standard InChI is InChI=1S/C27H24N2O3/c1-16-9-10-21-23(12-25(30)32-26(21)17(16)2)24-11-22-20(15-29-18(3)27(22)31-24)14-28-13-19-7-5-4-6-8-19/h4-12,15,28H,13-14H2,1-3H3. The summed E-state index contributed by atoms with van der Waals surface area (Å²) in [6.07, 6.45) is 1.89. The van der Waals surface area contributed by atoms with Gasteiger partial charge < -0.3 is 14.2 Å². The van der Waals surface area contributed by atoms with Gasteiger partial charge in [0.15, 0.2) is 5.58 Å². The second kappa shape index (κ2) is 8.09. The van der Waals surface area contributed by atoms with E-state index in [1.165, 1.54) is 11.6 Å². The van der Waals surface area contributed by atoms with Gasteiger partial charge in [-0.05, 0) is 49.1 Å². The first-order valence-electron chi connectivity index (χ1n) is 10.7. The van der Waals surface area contributed by atoms with Crippen LogP contribution >= 0.6 is 0 Å². The van der Waals surface area contributed by atoms with Crippen molar-refractivity contribution >= 4 is 21.9 Å². The monoisotopic (exact) mass is 424 g/mol. The van der Waals surface area contributed by atoms with Crippen molar-refractivity contribution in [3.63, 3.8) is 0 Å². The number of hydrogen-bond acceptors (Lipinski definition) is 5. The van der Waals surface area contributed by atoms with Gasteiger partial charge in [0.2, 0.25) is 0 Å². The second-order valence-electron chi connectivity index (χ2n) is 8.17. The van der Waals surface area contributed by atoms with Gasteiger partial charge in [-0.15, -0.1) is 0 Å². The van der Waals surface area contributed by atoms with Gasteiger partial charge in [-0.3, -0.25) is 4.98 Å². The molecule has 160 valence electrons. The van der Waals surface area contributed by atoms with Crippen molar-refractivity contribution in [2.45, 2.75) is 33.9 Å². The number of furan rings is 1. The average molecular weight is 425 g/mol. The van der Waals surface area contributed by atoms with E-state index < -0.39 is 0 Å². The van der Waals surface area contributed by atoms with Crippen molar-refractivity contribution in [1.29, 1.82) is 0 Å². The van der Waals surface area contributed by atoms with Crippen LogP contribution in [0.25, 0.3) is 33.3 Å². The normalized spacial score (nSPS) is 11.5. The Hall–Kier alpha value is -3.70. The lowest BCUT2D eigenvalue weighted by Crippen LogP contribution is -2.13. The number of fused-ring (bicyclic) bond motifs is 2. The Morgan fingerprint density at radius 1 is 0.875 bits per heavy atom. The molecule has 1 N–H and O–H groups in total. The van der Waals surface area contributed by atoms with Gasteiger partial charge in [0, 0.05) is 41.7 Å². The summed E-state index contributed by atoms with van der Waals surface area (Å²) >= 11 is 0. The Balaban J connectivity index is 1.57. The molecular formula is C27H24N2O3. The largest absolute Gasteiger partial charge is 0.454 e. The zero-order valence-electron chi connectivity index (χ0n) is 18.4. The van der Waals surface area contributed by atoms with Crippen molar-refractivity contribution in [2.24, 2.45) is 0 Å². The summed E-state index contributed by atoms with van der Waals surface area (Å²) in [6.45, 7) is 7.33. The average Bonchev–Trinajstić information content (AvgIpc) is 3.25. The summed E-state index contributed by atoms with van der Waals surface area (Å²) in [7, 11) is 0. The van der Waals surface area contributed by atoms with E-state index >= 15 is 0 Å². The highest BCUT2D eigenvalue weighted by Gasteiger charge is 2.17. The molecule has 5 aromatic rings. The van der Waals surface area contributed by atoms with Gasteiger partial charge in [-0.2, -0.15) is 0 Å². The van der Waals surface area contributed by atoms with Crippen LogP contribution in [-0.4, -0.2) is 4.98 Å². The number of aryl methyl sites for hydroxylation is 3. The molecule has 0 radical (unpaired) electrons. The highest BCUT2D eigenvalue weighted by atomic mass is 16.4. The molecule has 3 heterocycles. The summed E-state index contributed by atoms with van der Waals surface area (Å²) < 4.78 is 11.8. The van der Waals surface area contributed by atoms with Crippen LogP contribution in [-0.2, 0) is 13.1 Å². The van der Waals surface area contributed by atoms with Crippen molar-refractivity contribution in [3.05, 3.63) is 99.2 Å². The number of aromatic nitrogens is 1. The number of rotatable bonds is 5. The number of nitrogens with zero attached hydrogens (tertiary/aromatic N) is 1. The lowest BCUT2D eigenvalue weighted by Gasteiger charge is -2.07. The van der Waals surface area contributed by atoms with Crippen molar-refractivity contribution < 1.29 is 8.83 Å². The Morgan fingerprint density at radius 2 is 1.69 bits per heavy atom. The van der Waals surface area contributed by atoms with Crippen LogP contribution in [0.2, 0.25) is 0 Å². The molecule has 2 aromatic carbocycles. The highest BCUT2D eigenvalue weighted by molar-refractivity contribution is 5.97. The molecule has 5 nitrogen and oxygen atoms in total. The van der Waals surface area contributed by atoms with Crippen LogP contribution < -0.4 is 10.9 Å². The van der Waals surface area contributed by atoms with E-state index in [-0.39, 0.29) is 5.63 Å². The minimum Gasteiger partial charge on any atom is -0.454 e. The summed E-state index contributed by atoms with van der Waals surface area (Å²) in [5.74, 6) is 0.640. The summed E-state index contributed by atoms with van der Waals surface area (Å²) in [5.41, 5.74) is 6.82. The van der Waals surface area contributed by atoms with Crippen LogP contribution in [0.1, 0.15) is 27.9 Å². The number of benzene rings is 2. The maximum atomic E-state index is 12.3. The molecule has 32 heavy (non-hydrogen) atoms. The summed E-state index contributed by atoms with van der Waals surface area (Å²) in [6, 6.07) is 17.8. The predicted molar refractivity (Wildman–Crippen MR) is 127 cm³/mol. The molecule has 0 aliphatic carbocycles. The SMILES string of the molecule is Cc1ccc2c(-c3cc4c(CNCc5ccccc5)cnc(C)c4o3)cc(=O)oc2c1C. The molecule has 0 unspecified atom stereocenters. The van der Waals surface area contributed by atoms with Crippen LogP contribution in [0.5, 0.6) is 0 Å². The van der Waals surface area contributed by atoms with Crippen LogP contribution in [0.4, 0.5) is 0 Å². The maximum Gasteiger partial charge on any atom is 0.336 e. The van der Waals surface area contributed by atoms with E-state index in [1.54, 1.807) is 0 Å². The molecule has 0 aliphatic rings. The van der Waals surface area contributed by atoms with Crippen LogP contribution in [0, 0.1) is 20.8 Å². The van der Waals surface area contributed by atoms with Gasteiger partial charge >= 0.3 is 5.63 Å². The van der Waals surface area contributed by atoms with E-state index in [4.69, 9.17) is 8.83 Å². The molecule has 0 atom stereocenters. The van der Waals surface area contributed by atoms with Crippen molar-refractivity contribution in [1.82, 2.24) is 10.3 Å². The minimum atomic E-state index is -0.388. The molecule has 0 aliphatic heterocycles. The van der Waals surface area contributed by atoms with Gasteiger partial charge in [0.1, 0.15) is 11.3 Å². The molecule has 0 spiro atoms. The summed E-state index contributed by atoms with van der Waals surface area (Å²) in [4.78, 5) is 16.9. The zero-order valence-corrected chi connectivity index (χ0v) is 18.4. The smallest absolute Gasteiger partial charge is 0.336 e. The molecule has 0 saturated heterocycles. The van der Waals surface area contributed by atoms with E-state index in [0.29, 0.717) is 17.9 Å². The lowest BCUT2D eigenvalue weighted by atomic mass is 10.0. The van der Waals surface area contributed by atoms with E-state index in [1.807, 2.05) is 63.4 Å². The van der Waals surface area contributed by atoms with Gasteiger partial charge in [0.05, 0.1) is 5.69 Å². The minimum absolute atomic E-state index is 0.388. The first kappa shape index (κ1) is 20.2. The number of pyridine rings is 1. The highest BCUT2D eigenvalue weighted by Crippen LogP contribution is 2.35. The molecule has 0 saturated carbocycles. The first-order valence-corrected chi connectivity index (χ1v) is 10.7. The molecule has 5 rings (SSSR count). The van der Waals surface area contributed by atoms with Crippen molar-refractivity contribution in [3.8, 4) is 11.3 Å². The Bertz CT molecular complexity index is 1500. The Kier molecular flexibility index (Phi) is 5.11. The maximum absolute atomic E-state index is 12.3. The number of hydrogen-bond donors (Lipinski definition) is 1. The zero-order chi connectivity index (χ0) is 22.2. The van der Waals surface area contributed by atoms with Gasteiger partial charge in [0.25, 0.3) is 0 Å². The van der Waals surface area contributed by atoms with E-state index in [2.05, 4.69) is 22.4 Å². The third kappa shape index (κ3) is 3.61. The summed E-state index contributed by atoms with van der Waals surface area (Å²) in [5, 5.41) is 5.34. The molecule has 0 bridgehead atoms. The molecule has 0 fully saturated rings. The molecule has 3 aromatic heterocycles. The van der Waals surface area contributed by atoms with Crippen LogP contribution in [0.3, 0.4) is 0 Å². The quantitative estimate of drug-likeness (QED) is 0.360. The molecule has 5 heteroatoms. The van der Waals surface area contributed by atoms with Crippen molar-refractivity contribution in [2.75, 3.05) is 0 Å².